The number of hydrogen-bond acceptors (Lipinski definition) is 4. The number of aliphatic hydroxyl groups is 1. The van der Waals surface area contributed by atoms with Crippen LogP contribution >= 0.6 is 0 Å². The molecule has 4 heteroatoms. The zero-order valence-electron chi connectivity index (χ0n) is 10.9. The van der Waals surface area contributed by atoms with Gasteiger partial charge in [0.15, 0.2) is 0 Å². The summed E-state index contributed by atoms with van der Waals surface area (Å²) < 4.78 is 0. The third-order valence-electron chi connectivity index (χ3n) is 3.94. The lowest BCUT2D eigenvalue weighted by molar-refractivity contribution is 0.0867. The number of hydrogen-bond donors (Lipinski definition) is 1. The van der Waals surface area contributed by atoms with Gasteiger partial charge in [-0.2, -0.15) is 5.26 Å². The summed E-state index contributed by atoms with van der Waals surface area (Å²) in [6, 6.07) is 9.87. The molecule has 1 heterocycles. The summed E-state index contributed by atoms with van der Waals surface area (Å²) in [6.45, 7) is 1.78. The van der Waals surface area contributed by atoms with Gasteiger partial charge in [-0.15, -0.1) is 0 Å². The fraction of sp³-hybridized carbons (Fsp3) is 0.500. The van der Waals surface area contributed by atoms with E-state index in [1.807, 2.05) is 38.4 Å². The first kappa shape index (κ1) is 12.9. The van der Waals surface area contributed by atoms with E-state index in [9.17, 15) is 5.11 Å². The van der Waals surface area contributed by atoms with Crippen LogP contribution in [0.1, 0.15) is 12.0 Å². The van der Waals surface area contributed by atoms with Crippen LogP contribution in [-0.2, 0) is 0 Å². The Morgan fingerprint density at radius 2 is 2.17 bits per heavy atom. The Balaban J connectivity index is 2.26. The third kappa shape index (κ3) is 2.07. The normalized spacial score (nSPS) is 23.4. The zero-order valence-corrected chi connectivity index (χ0v) is 10.9. The summed E-state index contributed by atoms with van der Waals surface area (Å²) in [4.78, 5) is 4.27. The minimum atomic E-state index is -0.192. The molecule has 1 aliphatic rings. The Bertz CT molecular complexity index is 466. The highest BCUT2D eigenvalue weighted by Gasteiger charge is 2.40. The van der Waals surface area contributed by atoms with E-state index in [1.165, 1.54) is 0 Å². The lowest BCUT2D eigenvalue weighted by atomic mass is 9.98. The van der Waals surface area contributed by atoms with Gasteiger partial charge in [0.1, 0.15) is 6.07 Å². The van der Waals surface area contributed by atoms with Crippen LogP contribution in [0.4, 0.5) is 5.69 Å². The third-order valence-corrected chi connectivity index (χ3v) is 3.94. The highest BCUT2D eigenvalue weighted by atomic mass is 16.3. The van der Waals surface area contributed by atoms with Crippen molar-refractivity contribution in [2.45, 2.75) is 12.0 Å². The Kier molecular flexibility index (Phi) is 3.55. The van der Waals surface area contributed by atoms with E-state index < -0.39 is 0 Å². The molecule has 1 aliphatic heterocycles. The first-order valence-corrected chi connectivity index (χ1v) is 6.15. The molecule has 1 atom stereocenters. The molecule has 2 rings (SSSR count). The van der Waals surface area contributed by atoms with Crippen molar-refractivity contribution in [3.05, 3.63) is 29.8 Å². The summed E-state index contributed by atoms with van der Waals surface area (Å²) >= 11 is 0. The Labute approximate surface area is 108 Å². The maximum Gasteiger partial charge on any atom is 0.101 e. The van der Waals surface area contributed by atoms with Gasteiger partial charge in [-0.05, 0) is 32.6 Å². The van der Waals surface area contributed by atoms with Crippen molar-refractivity contribution < 1.29 is 5.11 Å². The molecule has 0 spiro atoms. The molecule has 18 heavy (non-hydrogen) atoms. The zero-order chi connectivity index (χ0) is 13.2. The highest BCUT2D eigenvalue weighted by Crippen LogP contribution is 2.31. The lowest BCUT2D eigenvalue weighted by Gasteiger charge is -2.34. The average molecular weight is 245 g/mol. The first-order valence-electron chi connectivity index (χ1n) is 6.15. The van der Waals surface area contributed by atoms with Crippen LogP contribution in [0.5, 0.6) is 0 Å². The number of rotatable bonds is 3. The number of aliphatic hydroxyl groups excluding tert-OH is 1. The number of nitriles is 1. The van der Waals surface area contributed by atoms with Crippen molar-refractivity contribution in [3.8, 4) is 6.07 Å². The molecule has 1 aromatic rings. The number of benzene rings is 1. The van der Waals surface area contributed by atoms with E-state index in [1.54, 1.807) is 0 Å². The number of likely N-dealkylation sites (N-methyl/N-ethyl adjacent to an activating group) is 1. The van der Waals surface area contributed by atoms with Crippen LogP contribution in [0.15, 0.2) is 24.3 Å². The molecule has 96 valence electrons. The van der Waals surface area contributed by atoms with E-state index in [-0.39, 0.29) is 12.1 Å². The quantitative estimate of drug-likeness (QED) is 0.865. The molecule has 0 bridgehead atoms. The summed E-state index contributed by atoms with van der Waals surface area (Å²) in [5.41, 5.74) is 1.48. The van der Waals surface area contributed by atoms with Crippen LogP contribution in [0, 0.1) is 11.3 Å². The van der Waals surface area contributed by atoms with Gasteiger partial charge in [-0.25, -0.2) is 0 Å². The molecule has 1 fully saturated rings. The van der Waals surface area contributed by atoms with Gasteiger partial charge >= 0.3 is 0 Å². The second kappa shape index (κ2) is 4.97. The minimum absolute atomic E-state index is 0.144. The monoisotopic (exact) mass is 245 g/mol. The SMILES string of the molecule is CN(C)C1(CO)CCN(c2ccccc2C#N)C1. The van der Waals surface area contributed by atoms with Gasteiger partial charge < -0.3 is 10.0 Å². The van der Waals surface area contributed by atoms with Crippen LogP contribution < -0.4 is 4.90 Å². The molecular weight excluding hydrogens is 226 g/mol. The molecular formula is C14H19N3O. The second-order valence-electron chi connectivity index (χ2n) is 5.08. The van der Waals surface area contributed by atoms with Gasteiger partial charge in [0.05, 0.1) is 23.4 Å². The van der Waals surface area contributed by atoms with Gasteiger partial charge in [0.2, 0.25) is 0 Å². The molecule has 4 nitrogen and oxygen atoms in total. The van der Waals surface area contributed by atoms with Crippen molar-refractivity contribution in [2.24, 2.45) is 0 Å². The topological polar surface area (TPSA) is 50.5 Å². The molecule has 0 amide bonds. The lowest BCUT2D eigenvalue weighted by Crippen LogP contribution is -2.49. The van der Waals surface area contributed by atoms with E-state index >= 15 is 0 Å². The van der Waals surface area contributed by atoms with E-state index in [4.69, 9.17) is 5.26 Å². The summed E-state index contributed by atoms with van der Waals surface area (Å²) in [7, 11) is 3.99. The predicted octanol–water partition coefficient (Wildman–Crippen LogP) is 1.06. The van der Waals surface area contributed by atoms with E-state index in [0.29, 0.717) is 5.56 Å². The molecule has 1 unspecified atom stereocenters. The molecule has 0 saturated carbocycles. The first-order chi connectivity index (χ1) is 8.63. The smallest absolute Gasteiger partial charge is 0.101 e. The molecule has 0 aromatic heterocycles. The predicted molar refractivity (Wildman–Crippen MR) is 71.5 cm³/mol. The Morgan fingerprint density at radius 3 is 2.72 bits per heavy atom. The molecule has 1 saturated heterocycles. The largest absolute Gasteiger partial charge is 0.394 e. The fourth-order valence-corrected chi connectivity index (χ4v) is 2.54. The molecule has 0 aliphatic carbocycles. The number of anilines is 1. The highest BCUT2D eigenvalue weighted by molar-refractivity contribution is 5.60. The standard InChI is InChI=1S/C14H19N3O/c1-16(2)14(11-18)7-8-17(10-14)13-6-4-3-5-12(13)9-15/h3-6,18H,7-8,10-11H2,1-2H3. The number of para-hydroxylation sites is 1. The number of nitrogens with zero attached hydrogens (tertiary/aromatic N) is 3. The van der Waals surface area contributed by atoms with Gasteiger partial charge in [-0.1, -0.05) is 12.1 Å². The van der Waals surface area contributed by atoms with Crippen LogP contribution in [0.3, 0.4) is 0 Å². The maximum atomic E-state index is 9.64. The van der Waals surface area contributed by atoms with Crippen LogP contribution in [0.2, 0.25) is 0 Å². The van der Waals surface area contributed by atoms with Crippen molar-refractivity contribution in [2.75, 3.05) is 38.7 Å². The van der Waals surface area contributed by atoms with Gasteiger partial charge in [0.25, 0.3) is 0 Å². The van der Waals surface area contributed by atoms with Gasteiger partial charge in [-0.3, -0.25) is 4.90 Å². The summed E-state index contributed by atoms with van der Waals surface area (Å²) in [6.07, 6.45) is 0.913. The van der Waals surface area contributed by atoms with Crippen molar-refractivity contribution >= 4 is 5.69 Å². The van der Waals surface area contributed by atoms with Crippen molar-refractivity contribution in [1.82, 2.24) is 4.90 Å². The van der Waals surface area contributed by atoms with Crippen LogP contribution in [0.25, 0.3) is 0 Å². The summed E-state index contributed by atoms with van der Waals surface area (Å²) in [5, 5.41) is 18.8. The van der Waals surface area contributed by atoms with Crippen LogP contribution in [-0.4, -0.2) is 49.3 Å². The van der Waals surface area contributed by atoms with Crippen molar-refractivity contribution in [1.29, 1.82) is 5.26 Å². The average Bonchev–Trinajstić information content (AvgIpc) is 2.84. The Morgan fingerprint density at radius 1 is 1.44 bits per heavy atom. The maximum absolute atomic E-state index is 9.64. The summed E-state index contributed by atoms with van der Waals surface area (Å²) in [5.74, 6) is 0. The molecule has 1 N–H and O–H groups in total. The second-order valence-corrected chi connectivity index (χ2v) is 5.08. The molecule has 1 aromatic carbocycles. The van der Waals surface area contributed by atoms with Crippen molar-refractivity contribution in [3.63, 3.8) is 0 Å². The van der Waals surface area contributed by atoms with Gasteiger partial charge in [0, 0.05) is 13.1 Å². The molecule has 0 radical (unpaired) electrons. The minimum Gasteiger partial charge on any atom is -0.394 e. The van der Waals surface area contributed by atoms with E-state index in [0.717, 1.165) is 25.2 Å². The fourth-order valence-electron chi connectivity index (χ4n) is 2.54. The Hall–Kier alpha value is -1.57. The van der Waals surface area contributed by atoms with E-state index in [2.05, 4.69) is 15.9 Å².